The summed E-state index contributed by atoms with van der Waals surface area (Å²) >= 11 is 1.34. The SMILES string of the molecule is CC(C)(C)C=C(C#N)C(=O)N1CCCC1Cn1c(NC(=O)c2ccc(-c3cccnn3)s2)nc2cc(CNCC3CC3)ccc21. The molecule has 6 rings (SSSR count). The summed E-state index contributed by atoms with van der Waals surface area (Å²) in [6, 6.07) is 15.5. The Kier molecular flexibility index (Phi) is 8.79. The first-order valence-electron chi connectivity index (χ1n) is 15.5. The number of nitrogens with zero attached hydrogens (tertiary/aromatic N) is 6. The van der Waals surface area contributed by atoms with Crippen LogP contribution in [-0.4, -0.2) is 55.6 Å². The van der Waals surface area contributed by atoms with Gasteiger partial charge in [0.05, 0.1) is 26.8 Å². The van der Waals surface area contributed by atoms with Crippen molar-refractivity contribution in [2.45, 2.75) is 65.6 Å². The van der Waals surface area contributed by atoms with Crippen molar-refractivity contribution in [2.75, 3.05) is 18.4 Å². The minimum absolute atomic E-state index is 0.146. The molecule has 4 aromatic rings. The first-order chi connectivity index (χ1) is 21.7. The van der Waals surface area contributed by atoms with Gasteiger partial charge in [-0.15, -0.1) is 16.4 Å². The molecule has 0 bridgehead atoms. The molecule has 3 aromatic heterocycles. The Morgan fingerprint density at radius 1 is 1.16 bits per heavy atom. The number of nitrogens with one attached hydrogen (secondary N) is 2. The molecule has 0 radical (unpaired) electrons. The van der Waals surface area contributed by atoms with E-state index in [9.17, 15) is 14.9 Å². The Labute approximate surface area is 267 Å². The van der Waals surface area contributed by atoms with Crippen LogP contribution in [0.5, 0.6) is 0 Å². The maximum atomic E-state index is 13.5. The van der Waals surface area contributed by atoms with Gasteiger partial charge in [0, 0.05) is 25.8 Å². The number of carbonyl (C=O) groups excluding carboxylic acids is 2. The van der Waals surface area contributed by atoms with Crippen LogP contribution in [0.2, 0.25) is 0 Å². The maximum absolute atomic E-state index is 13.5. The van der Waals surface area contributed by atoms with Gasteiger partial charge in [-0.2, -0.15) is 10.4 Å². The number of anilines is 1. The van der Waals surface area contributed by atoms with E-state index in [-0.39, 0.29) is 28.8 Å². The van der Waals surface area contributed by atoms with Crippen molar-refractivity contribution >= 4 is 40.1 Å². The number of carbonyl (C=O) groups is 2. The van der Waals surface area contributed by atoms with E-state index >= 15 is 0 Å². The molecule has 45 heavy (non-hydrogen) atoms. The number of imidazole rings is 1. The normalized spacial score (nSPS) is 17.1. The lowest BCUT2D eigenvalue weighted by Gasteiger charge is -2.26. The summed E-state index contributed by atoms with van der Waals surface area (Å²) in [7, 11) is 0. The fourth-order valence-corrected chi connectivity index (χ4v) is 6.60. The number of rotatable bonds is 10. The number of nitriles is 1. The van der Waals surface area contributed by atoms with Crippen molar-refractivity contribution in [3.05, 3.63) is 70.8 Å². The lowest BCUT2D eigenvalue weighted by atomic mass is 9.93. The fourth-order valence-electron chi connectivity index (χ4n) is 5.74. The van der Waals surface area contributed by atoms with Crippen LogP contribution in [0.4, 0.5) is 5.95 Å². The number of fused-ring (bicyclic) bond motifs is 1. The van der Waals surface area contributed by atoms with Crippen molar-refractivity contribution < 1.29 is 9.59 Å². The van der Waals surface area contributed by atoms with E-state index in [1.54, 1.807) is 23.2 Å². The highest BCUT2D eigenvalue weighted by Gasteiger charge is 2.33. The van der Waals surface area contributed by atoms with Gasteiger partial charge in [0.1, 0.15) is 17.3 Å². The van der Waals surface area contributed by atoms with Gasteiger partial charge in [-0.05, 0) is 85.5 Å². The minimum atomic E-state index is -0.298. The van der Waals surface area contributed by atoms with Crippen LogP contribution >= 0.6 is 11.3 Å². The molecule has 2 fully saturated rings. The van der Waals surface area contributed by atoms with Gasteiger partial charge in [0.15, 0.2) is 0 Å². The Morgan fingerprint density at radius 2 is 2.00 bits per heavy atom. The molecule has 1 unspecified atom stereocenters. The Bertz CT molecular complexity index is 1770. The lowest BCUT2D eigenvalue weighted by Crippen LogP contribution is -2.39. The van der Waals surface area contributed by atoms with Crippen molar-refractivity contribution in [1.29, 1.82) is 5.26 Å². The Morgan fingerprint density at radius 3 is 2.73 bits per heavy atom. The van der Waals surface area contributed by atoms with Crippen LogP contribution in [-0.2, 0) is 17.9 Å². The number of aromatic nitrogens is 4. The second-order valence-electron chi connectivity index (χ2n) is 13.0. The van der Waals surface area contributed by atoms with Crippen LogP contribution in [0, 0.1) is 22.7 Å². The number of benzene rings is 1. The zero-order chi connectivity index (χ0) is 31.6. The van der Waals surface area contributed by atoms with Crippen LogP contribution in [0.15, 0.2) is 60.3 Å². The van der Waals surface area contributed by atoms with E-state index in [2.05, 4.69) is 39.0 Å². The van der Waals surface area contributed by atoms with Crippen LogP contribution < -0.4 is 10.6 Å². The average Bonchev–Trinajstić information content (AvgIpc) is 3.38. The molecule has 0 spiro atoms. The molecule has 1 saturated carbocycles. The molecule has 2 amide bonds. The molecule has 232 valence electrons. The molecular formula is C34H38N8O2S. The highest BCUT2D eigenvalue weighted by molar-refractivity contribution is 7.17. The van der Waals surface area contributed by atoms with Crippen LogP contribution in [0.25, 0.3) is 21.6 Å². The first kappa shape index (κ1) is 30.6. The lowest BCUT2D eigenvalue weighted by molar-refractivity contribution is -0.127. The molecule has 2 aliphatic rings. The average molecular weight is 623 g/mol. The third-order valence-electron chi connectivity index (χ3n) is 8.11. The van der Waals surface area contributed by atoms with Crippen molar-refractivity contribution in [1.82, 2.24) is 30.0 Å². The molecule has 11 heteroatoms. The number of amides is 2. The van der Waals surface area contributed by atoms with Gasteiger partial charge in [-0.1, -0.05) is 32.9 Å². The first-order valence-corrected chi connectivity index (χ1v) is 16.3. The van der Waals surface area contributed by atoms with E-state index in [4.69, 9.17) is 4.98 Å². The van der Waals surface area contributed by atoms with Gasteiger partial charge >= 0.3 is 0 Å². The summed E-state index contributed by atoms with van der Waals surface area (Å²) in [5, 5.41) is 24.5. The second kappa shape index (κ2) is 12.9. The quantitative estimate of drug-likeness (QED) is 0.169. The van der Waals surface area contributed by atoms with Gasteiger partial charge < -0.3 is 14.8 Å². The minimum Gasteiger partial charge on any atom is -0.333 e. The number of hydrogen-bond acceptors (Lipinski definition) is 8. The predicted molar refractivity (Wildman–Crippen MR) is 175 cm³/mol. The number of allylic oxidation sites excluding steroid dienone is 1. The van der Waals surface area contributed by atoms with Crippen LogP contribution in [0.3, 0.4) is 0 Å². The maximum Gasteiger partial charge on any atom is 0.268 e. The van der Waals surface area contributed by atoms with Gasteiger partial charge in [-0.25, -0.2) is 4.98 Å². The monoisotopic (exact) mass is 622 g/mol. The standard InChI is InChI=1S/C34H38N8O2S/c1-34(2,3)17-24(18-35)32(44)41-15-5-6-25(41)21-42-28-11-10-23(20-36-19-22-8-9-22)16-27(28)38-33(42)39-31(43)30-13-12-29(45-30)26-7-4-14-37-40-26/h4,7,10-14,16-17,22,25,36H,5-6,8-9,15,19-21H2,1-3H3,(H,38,39,43). The molecular weight excluding hydrogens is 584 g/mol. The van der Waals surface area contributed by atoms with Crippen molar-refractivity contribution in [2.24, 2.45) is 11.3 Å². The predicted octanol–water partition coefficient (Wildman–Crippen LogP) is 5.79. The largest absolute Gasteiger partial charge is 0.333 e. The Balaban J connectivity index is 1.28. The third kappa shape index (κ3) is 7.30. The summed E-state index contributed by atoms with van der Waals surface area (Å²) in [6.45, 7) is 8.73. The fraction of sp³-hybridized carbons (Fsp3) is 0.412. The zero-order valence-corrected chi connectivity index (χ0v) is 26.7. The molecule has 1 atom stereocenters. The molecule has 10 nitrogen and oxygen atoms in total. The van der Waals surface area contributed by atoms with Crippen molar-refractivity contribution in [3.63, 3.8) is 0 Å². The van der Waals surface area contributed by atoms with E-state index in [1.807, 2.05) is 49.6 Å². The summed E-state index contributed by atoms with van der Waals surface area (Å²) in [6.07, 6.45) is 7.60. The van der Waals surface area contributed by atoms with Gasteiger partial charge in [0.25, 0.3) is 11.8 Å². The molecule has 2 N–H and O–H groups in total. The second-order valence-corrected chi connectivity index (χ2v) is 14.1. The molecule has 4 heterocycles. The summed E-state index contributed by atoms with van der Waals surface area (Å²) in [5.41, 5.74) is 3.37. The van der Waals surface area contributed by atoms with E-state index in [1.165, 1.54) is 24.2 Å². The zero-order valence-electron chi connectivity index (χ0n) is 25.9. The molecule has 1 aliphatic heterocycles. The van der Waals surface area contributed by atoms with E-state index < -0.39 is 0 Å². The summed E-state index contributed by atoms with van der Waals surface area (Å²) in [4.78, 5) is 35.1. The molecule has 1 saturated heterocycles. The summed E-state index contributed by atoms with van der Waals surface area (Å²) in [5.74, 6) is 0.706. The Hall–Kier alpha value is -4.40. The highest BCUT2D eigenvalue weighted by atomic mass is 32.1. The highest BCUT2D eigenvalue weighted by Crippen LogP contribution is 2.31. The summed E-state index contributed by atoms with van der Waals surface area (Å²) < 4.78 is 2.00. The molecule has 1 aromatic carbocycles. The van der Waals surface area contributed by atoms with Crippen molar-refractivity contribution in [3.8, 4) is 16.6 Å². The molecule has 1 aliphatic carbocycles. The van der Waals surface area contributed by atoms with Gasteiger partial charge in [0.2, 0.25) is 5.95 Å². The van der Waals surface area contributed by atoms with Gasteiger partial charge in [-0.3, -0.25) is 14.9 Å². The van der Waals surface area contributed by atoms with Crippen LogP contribution in [0.1, 0.15) is 61.7 Å². The smallest absolute Gasteiger partial charge is 0.268 e. The third-order valence-corrected chi connectivity index (χ3v) is 9.22. The van der Waals surface area contributed by atoms with E-state index in [0.717, 1.165) is 53.3 Å². The van der Waals surface area contributed by atoms with E-state index in [0.29, 0.717) is 29.6 Å². The topological polar surface area (TPSA) is 129 Å². The number of likely N-dealkylation sites (tertiary alicyclic amines) is 1. The number of thiophene rings is 1. The number of hydrogen-bond donors (Lipinski definition) is 2.